The first-order valence-electron chi connectivity index (χ1n) is 14.0. The van der Waals surface area contributed by atoms with Crippen molar-refractivity contribution in [1.29, 1.82) is 0 Å². The van der Waals surface area contributed by atoms with Crippen LogP contribution in [0.1, 0.15) is 47.0 Å². The van der Waals surface area contributed by atoms with E-state index in [1.54, 1.807) is 23.5 Å². The lowest BCUT2D eigenvalue weighted by atomic mass is 10.1. The number of hydrogen-bond donors (Lipinski definition) is 0. The molecule has 0 saturated carbocycles. The van der Waals surface area contributed by atoms with Gasteiger partial charge in [0, 0.05) is 49.7 Å². The molecule has 0 saturated heterocycles. The SMILES string of the molecule is CC(C)CCn1c(=O)n2c(=O)n(c1=O)CCCSc1cccc(c1)SC(C)C(C)Sc1cccc(c1)SCCC2. The number of nitrogens with zero attached hydrogens (tertiary/aromatic N) is 3. The van der Waals surface area contributed by atoms with Gasteiger partial charge < -0.3 is 0 Å². The Balaban J connectivity index is 1.64. The van der Waals surface area contributed by atoms with Crippen LogP contribution in [0, 0.1) is 5.92 Å². The van der Waals surface area contributed by atoms with Gasteiger partial charge in [-0.15, -0.1) is 47.0 Å². The minimum absolute atomic E-state index is 0.300. The predicted octanol–water partition coefficient (Wildman–Crippen LogP) is 6.56. The molecule has 40 heavy (non-hydrogen) atoms. The molecule has 0 radical (unpaired) electrons. The maximum Gasteiger partial charge on any atom is 0.336 e. The molecule has 0 spiro atoms. The summed E-state index contributed by atoms with van der Waals surface area (Å²) in [6, 6.07) is 17.2. The molecule has 2 unspecified atom stereocenters. The lowest BCUT2D eigenvalue weighted by molar-refractivity contribution is 0.414. The van der Waals surface area contributed by atoms with E-state index >= 15 is 0 Å². The molecule has 6 nitrogen and oxygen atoms in total. The lowest BCUT2D eigenvalue weighted by Gasteiger charge is -2.20. The first-order chi connectivity index (χ1) is 19.2. The van der Waals surface area contributed by atoms with Crippen LogP contribution in [0.5, 0.6) is 0 Å². The summed E-state index contributed by atoms with van der Waals surface area (Å²) < 4.78 is 3.81. The summed E-state index contributed by atoms with van der Waals surface area (Å²) in [4.78, 5) is 44.7. The fourth-order valence-electron chi connectivity index (χ4n) is 4.36. The van der Waals surface area contributed by atoms with Crippen molar-refractivity contribution in [2.45, 2.75) is 96.7 Å². The Morgan fingerprint density at radius 2 is 1.18 bits per heavy atom. The first kappa shape index (κ1) is 31.2. The topological polar surface area (TPSA) is 66.0 Å². The van der Waals surface area contributed by atoms with Gasteiger partial charge in [-0.3, -0.25) is 0 Å². The molecule has 2 heterocycles. The molecule has 6 bridgehead atoms. The van der Waals surface area contributed by atoms with Crippen molar-refractivity contribution in [3.63, 3.8) is 0 Å². The van der Waals surface area contributed by atoms with Crippen molar-refractivity contribution in [3.8, 4) is 0 Å². The van der Waals surface area contributed by atoms with Crippen LogP contribution < -0.4 is 17.1 Å². The summed E-state index contributed by atoms with van der Waals surface area (Å²) in [7, 11) is 0. The van der Waals surface area contributed by atoms with Crippen LogP contribution in [0.3, 0.4) is 0 Å². The van der Waals surface area contributed by atoms with Crippen LogP contribution in [0.4, 0.5) is 0 Å². The Bertz CT molecular complexity index is 1360. The number of aromatic nitrogens is 3. The van der Waals surface area contributed by atoms with Gasteiger partial charge in [-0.25, -0.2) is 28.1 Å². The molecule has 2 aromatic carbocycles. The summed E-state index contributed by atoms with van der Waals surface area (Å²) in [6.07, 6.45) is 2.03. The van der Waals surface area contributed by atoms with E-state index in [9.17, 15) is 14.4 Å². The molecule has 2 atom stereocenters. The smallest absolute Gasteiger partial charge is 0.247 e. The standard InChI is InChI=1S/C30H39N3O3S4/c1-21(2)13-16-33-29(35)31-14-7-17-37-24-9-5-11-26(19-24)39-22(3)23(4)40-27-12-6-10-25(20-27)38-18-8-15-32(28(31)34)30(33)36/h5-6,9-12,19-23H,7-8,13-18H2,1-4H3. The van der Waals surface area contributed by atoms with Gasteiger partial charge in [0.05, 0.1) is 0 Å². The molecule has 1 aliphatic rings. The minimum atomic E-state index is -0.489. The van der Waals surface area contributed by atoms with Gasteiger partial charge >= 0.3 is 17.1 Å². The number of fused-ring (bicyclic) bond motifs is 6. The van der Waals surface area contributed by atoms with Crippen molar-refractivity contribution in [1.82, 2.24) is 13.7 Å². The Morgan fingerprint density at radius 3 is 1.62 bits per heavy atom. The van der Waals surface area contributed by atoms with Crippen LogP contribution >= 0.6 is 47.0 Å². The number of hydrogen-bond acceptors (Lipinski definition) is 7. The third-order valence-electron chi connectivity index (χ3n) is 6.82. The summed E-state index contributed by atoms with van der Waals surface area (Å²) >= 11 is 7.27. The highest BCUT2D eigenvalue weighted by Crippen LogP contribution is 2.36. The Labute approximate surface area is 253 Å². The fraction of sp³-hybridized carbons (Fsp3) is 0.500. The average Bonchev–Trinajstić information content (AvgIpc) is 2.92. The van der Waals surface area contributed by atoms with E-state index in [2.05, 4.69) is 76.2 Å². The van der Waals surface area contributed by atoms with Gasteiger partial charge in [0.15, 0.2) is 0 Å². The highest BCUT2D eigenvalue weighted by Gasteiger charge is 2.18. The van der Waals surface area contributed by atoms with Gasteiger partial charge in [0.2, 0.25) is 0 Å². The maximum atomic E-state index is 13.4. The molecule has 0 aliphatic carbocycles. The van der Waals surface area contributed by atoms with E-state index < -0.39 is 17.1 Å². The quantitative estimate of drug-likeness (QED) is 0.330. The second kappa shape index (κ2) is 14.9. The normalized spacial score (nSPS) is 19.2. The lowest BCUT2D eigenvalue weighted by Crippen LogP contribution is -2.54. The molecule has 0 N–H and O–H groups in total. The van der Waals surface area contributed by atoms with E-state index in [1.807, 2.05) is 23.5 Å². The molecule has 10 heteroatoms. The Hall–Kier alpha value is -1.75. The highest BCUT2D eigenvalue weighted by molar-refractivity contribution is 8.04. The van der Waals surface area contributed by atoms with Crippen LogP contribution in [0.25, 0.3) is 0 Å². The van der Waals surface area contributed by atoms with Gasteiger partial charge in [-0.1, -0.05) is 39.8 Å². The van der Waals surface area contributed by atoms with Crippen molar-refractivity contribution in [3.05, 3.63) is 80.0 Å². The van der Waals surface area contributed by atoms with Crippen LogP contribution in [0.2, 0.25) is 0 Å². The van der Waals surface area contributed by atoms with Crippen LogP contribution in [-0.2, 0) is 19.6 Å². The molecule has 1 aliphatic heterocycles. The third kappa shape index (κ3) is 8.39. The number of rotatable bonds is 3. The Kier molecular flexibility index (Phi) is 11.6. The molecule has 3 aromatic rings. The molecular weight excluding hydrogens is 579 g/mol. The third-order valence-corrected chi connectivity index (χ3v) is 11.8. The first-order valence-corrected chi connectivity index (χ1v) is 17.7. The van der Waals surface area contributed by atoms with E-state index in [4.69, 9.17) is 0 Å². The number of thioether (sulfide) groups is 4. The Morgan fingerprint density at radius 1 is 0.725 bits per heavy atom. The minimum Gasteiger partial charge on any atom is -0.247 e. The molecule has 0 amide bonds. The van der Waals surface area contributed by atoms with Crippen LogP contribution in [-0.4, -0.2) is 35.7 Å². The molecule has 4 rings (SSSR count). The number of benzene rings is 2. The van der Waals surface area contributed by atoms with Gasteiger partial charge in [0.1, 0.15) is 0 Å². The van der Waals surface area contributed by atoms with Crippen molar-refractivity contribution >= 4 is 47.0 Å². The zero-order valence-electron chi connectivity index (χ0n) is 23.7. The van der Waals surface area contributed by atoms with Crippen molar-refractivity contribution in [2.24, 2.45) is 5.92 Å². The average molecular weight is 618 g/mol. The predicted molar refractivity (Wildman–Crippen MR) is 173 cm³/mol. The summed E-state index contributed by atoms with van der Waals surface area (Å²) in [5.74, 6) is 1.90. The summed E-state index contributed by atoms with van der Waals surface area (Å²) in [5, 5.41) is 0.870. The monoisotopic (exact) mass is 617 g/mol. The van der Waals surface area contributed by atoms with Crippen molar-refractivity contribution in [2.75, 3.05) is 11.5 Å². The van der Waals surface area contributed by atoms with E-state index in [0.29, 0.717) is 55.3 Å². The summed E-state index contributed by atoms with van der Waals surface area (Å²) in [5.41, 5.74) is -1.46. The highest BCUT2D eigenvalue weighted by atomic mass is 32.2. The van der Waals surface area contributed by atoms with E-state index in [0.717, 1.165) is 11.5 Å². The van der Waals surface area contributed by atoms with Crippen molar-refractivity contribution < 1.29 is 0 Å². The second-order valence-corrected chi connectivity index (χ2v) is 15.7. The molecule has 1 aromatic heterocycles. The van der Waals surface area contributed by atoms with Crippen LogP contribution in [0.15, 0.2) is 82.5 Å². The molecular formula is C30H39N3O3S4. The molecule has 216 valence electrons. The van der Waals surface area contributed by atoms with E-state index in [1.165, 1.54) is 33.3 Å². The van der Waals surface area contributed by atoms with Gasteiger partial charge in [-0.05, 0) is 73.1 Å². The zero-order valence-corrected chi connectivity index (χ0v) is 27.0. The van der Waals surface area contributed by atoms with Gasteiger partial charge in [0.25, 0.3) is 0 Å². The van der Waals surface area contributed by atoms with E-state index in [-0.39, 0.29) is 0 Å². The fourth-order valence-corrected chi connectivity index (χ4v) is 8.58. The largest absolute Gasteiger partial charge is 0.336 e. The zero-order chi connectivity index (χ0) is 28.6. The second-order valence-electron chi connectivity index (χ2n) is 10.5. The summed E-state index contributed by atoms with van der Waals surface area (Å²) in [6.45, 7) is 9.64. The van der Waals surface area contributed by atoms with Gasteiger partial charge in [-0.2, -0.15) is 0 Å². The maximum absolute atomic E-state index is 13.4. The molecule has 0 fully saturated rings.